The van der Waals surface area contributed by atoms with Crippen molar-refractivity contribution in [3.63, 3.8) is 0 Å². The number of aromatic amines is 1. The number of H-pyrrole nitrogens is 1. The quantitative estimate of drug-likeness (QED) is 0.725. The van der Waals surface area contributed by atoms with Crippen molar-refractivity contribution in [2.45, 2.75) is 13.0 Å². The lowest BCUT2D eigenvalue weighted by atomic mass is 10.0. The van der Waals surface area contributed by atoms with Crippen molar-refractivity contribution >= 4 is 0 Å². The Morgan fingerprint density at radius 1 is 1.20 bits per heavy atom. The van der Waals surface area contributed by atoms with Crippen molar-refractivity contribution in [1.29, 1.82) is 0 Å². The minimum atomic E-state index is 0.896. The van der Waals surface area contributed by atoms with Gasteiger partial charge in [0.1, 0.15) is 0 Å². The summed E-state index contributed by atoms with van der Waals surface area (Å²) in [5, 5.41) is 10.8. The lowest BCUT2D eigenvalue weighted by Gasteiger charge is -2.12. The zero-order chi connectivity index (χ0) is 10.1. The maximum atomic E-state index is 4.38. The highest BCUT2D eigenvalue weighted by Crippen LogP contribution is 2.24. The minimum Gasteiger partial charge on any atom is -0.311 e. The fourth-order valence-corrected chi connectivity index (χ4v) is 1.99. The second-order valence-corrected chi connectivity index (χ2v) is 3.69. The van der Waals surface area contributed by atoms with Gasteiger partial charge >= 0.3 is 0 Å². The molecule has 4 heteroatoms. The standard InChI is InChI=1S/C11H12N4/c1-4-12-5-2-8(1)11-9-3-6-13-7-10(9)14-15-11/h1-2,4-5,13H,3,6-7H2,(H,14,15). The summed E-state index contributed by atoms with van der Waals surface area (Å²) >= 11 is 0. The van der Waals surface area contributed by atoms with E-state index in [1.165, 1.54) is 11.3 Å². The molecule has 1 aliphatic rings. The van der Waals surface area contributed by atoms with Crippen LogP contribution in [0.15, 0.2) is 24.5 Å². The van der Waals surface area contributed by atoms with Gasteiger partial charge in [-0.1, -0.05) is 0 Å². The average molecular weight is 200 g/mol. The summed E-state index contributed by atoms with van der Waals surface area (Å²) in [5.41, 5.74) is 4.78. The fraction of sp³-hybridized carbons (Fsp3) is 0.273. The highest BCUT2D eigenvalue weighted by atomic mass is 15.1. The van der Waals surface area contributed by atoms with E-state index >= 15 is 0 Å². The Labute approximate surface area is 87.7 Å². The van der Waals surface area contributed by atoms with Crippen molar-refractivity contribution in [3.05, 3.63) is 35.8 Å². The Kier molecular flexibility index (Phi) is 1.99. The van der Waals surface area contributed by atoms with Crippen LogP contribution in [0.1, 0.15) is 11.3 Å². The van der Waals surface area contributed by atoms with Gasteiger partial charge in [0.2, 0.25) is 0 Å². The predicted molar refractivity (Wildman–Crippen MR) is 57.2 cm³/mol. The molecule has 0 aromatic carbocycles. The first-order valence-electron chi connectivity index (χ1n) is 5.12. The van der Waals surface area contributed by atoms with E-state index in [1.54, 1.807) is 12.4 Å². The third-order valence-corrected chi connectivity index (χ3v) is 2.76. The number of nitrogens with one attached hydrogen (secondary N) is 2. The molecule has 2 aromatic heterocycles. The summed E-state index contributed by atoms with van der Waals surface area (Å²) < 4.78 is 0. The normalized spacial score (nSPS) is 14.9. The van der Waals surface area contributed by atoms with Gasteiger partial charge in [-0.05, 0) is 25.1 Å². The molecule has 0 saturated heterocycles. The van der Waals surface area contributed by atoms with Crippen LogP contribution in [0, 0.1) is 0 Å². The van der Waals surface area contributed by atoms with Crippen LogP contribution in [0.4, 0.5) is 0 Å². The van der Waals surface area contributed by atoms with Gasteiger partial charge in [0.05, 0.1) is 11.4 Å². The molecule has 0 radical (unpaired) electrons. The van der Waals surface area contributed by atoms with E-state index in [2.05, 4.69) is 20.5 Å². The molecule has 0 bridgehead atoms. The SMILES string of the molecule is c1cc(-c2n[nH]c3c2CCNC3)ccn1. The monoisotopic (exact) mass is 200 g/mol. The fourth-order valence-electron chi connectivity index (χ4n) is 1.99. The van der Waals surface area contributed by atoms with Crippen LogP contribution in [0.3, 0.4) is 0 Å². The number of hydrogen-bond acceptors (Lipinski definition) is 3. The molecule has 2 N–H and O–H groups in total. The van der Waals surface area contributed by atoms with E-state index in [1.807, 2.05) is 12.1 Å². The van der Waals surface area contributed by atoms with Gasteiger partial charge in [-0.15, -0.1) is 0 Å². The molecular formula is C11H12N4. The van der Waals surface area contributed by atoms with E-state index < -0.39 is 0 Å². The molecule has 4 nitrogen and oxygen atoms in total. The molecule has 0 aliphatic carbocycles. The van der Waals surface area contributed by atoms with Crippen molar-refractivity contribution in [2.75, 3.05) is 6.54 Å². The molecule has 0 unspecified atom stereocenters. The summed E-state index contributed by atoms with van der Waals surface area (Å²) in [6.45, 7) is 1.93. The molecule has 3 rings (SSSR count). The summed E-state index contributed by atoms with van der Waals surface area (Å²) in [7, 11) is 0. The predicted octanol–water partition coefficient (Wildman–Crippen LogP) is 1.12. The smallest absolute Gasteiger partial charge is 0.0957 e. The van der Waals surface area contributed by atoms with Crippen molar-refractivity contribution in [1.82, 2.24) is 20.5 Å². The Morgan fingerprint density at radius 3 is 2.93 bits per heavy atom. The third kappa shape index (κ3) is 1.43. The summed E-state index contributed by atoms with van der Waals surface area (Å²) in [5.74, 6) is 0. The van der Waals surface area contributed by atoms with Gasteiger partial charge < -0.3 is 5.32 Å². The molecular weight excluding hydrogens is 188 g/mol. The number of rotatable bonds is 1. The highest BCUT2D eigenvalue weighted by Gasteiger charge is 2.16. The van der Waals surface area contributed by atoms with Crippen LogP contribution < -0.4 is 5.32 Å². The van der Waals surface area contributed by atoms with Gasteiger partial charge in [-0.2, -0.15) is 5.10 Å². The lowest BCUT2D eigenvalue weighted by Crippen LogP contribution is -2.23. The summed E-state index contributed by atoms with van der Waals surface area (Å²) in [6.07, 6.45) is 4.65. The molecule has 0 saturated carbocycles. The van der Waals surface area contributed by atoms with Crippen LogP contribution in [0.25, 0.3) is 11.3 Å². The summed E-state index contributed by atoms with van der Waals surface area (Å²) in [4.78, 5) is 4.02. The van der Waals surface area contributed by atoms with Crippen LogP contribution in [-0.4, -0.2) is 21.7 Å². The van der Waals surface area contributed by atoms with Crippen LogP contribution >= 0.6 is 0 Å². The first kappa shape index (κ1) is 8.61. The molecule has 0 fully saturated rings. The second-order valence-electron chi connectivity index (χ2n) is 3.69. The molecule has 76 valence electrons. The molecule has 2 aromatic rings. The summed E-state index contributed by atoms with van der Waals surface area (Å²) in [6, 6.07) is 4.00. The van der Waals surface area contributed by atoms with Gasteiger partial charge in [0.15, 0.2) is 0 Å². The Hall–Kier alpha value is -1.68. The zero-order valence-corrected chi connectivity index (χ0v) is 8.33. The highest BCUT2D eigenvalue weighted by molar-refractivity contribution is 5.63. The number of aromatic nitrogens is 3. The van der Waals surface area contributed by atoms with Crippen molar-refractivity contribution in [2.24, 2.45) is 0 Å². The van der Waals surface area contributed by atoms with E-state index in [0.717, 1.165) is 30.8 Å². The third-order valence-electron chi connectivity index (χ3n) is 2.76. The van der Waals surface area contributed by atoms with Crippen molar-refractivity contribution < 1.29 is 0 Å². The van der Waals surface area contributed by atoms with E-state index in [4.69, 9.17) is 0 Å². The van der Waals surface area contributed by atoms with E-state index in [9.17, 15) is 0 Å². The van der Waals surface area contributed by atoms with Gasteiger partial charge in [-0.3, -0.25) is 10.1 Å². The maximum Gasteiger partial charge on any atom is 0.0957 e. The van der Waals surface area contributed by atoms with Crippen LogP contribution in [0.5, 0.6) is 0 Å². The number of fused-ring (bicyclic) bond motifs is 1. The van der Waals surface area contributed by atoms with Gasteiger partial charge in [0, 0.05) is 30.1 Å². The van der Waals surface area contributed by atoms with Crippen molar-refractivity contribution in [3.8, 4) is 11.3 Å². The van der Waals surface area contributed by atoms with Gasteiger partial charge in [-0.25, -0.2) is 0 Å². The molecule has 1 aliphatic heterocycles. The lowest BCUT2D eigenvalue weighted by molar-refractivity contribution is 0.633. The Bertz CT molecular complexity index is 461. The molecule has 0 amide bonds. The maximum absolute atomic E-state index is 4.38. The second kappa shape index (κ2) is 3.47. The first-order valence-corrected chi connectivity index (χ1v) is 5.12. The minimum absolute atomic E-state index is 0.896. The zero-order valence-electron chi connectivity index (χ0n) is 8.33. The first-order chi connectivity index (χ1) is 7.45. The molecule has 0 atom stereocenters. The molecule has 3 heterocycles. The largest absolute Gasteiger partial charge is 0.311 e. The van der Waals surface area contributed by atoms with E-state index in [0.29, 0.717) is 0 Å². The van der Waals surface area contributed by atoms with Gasteiger partial charge in [0.25, 0.3) is 0 Å². The Morgan fingerprint density at radius 2 is 2.07 bits per heavy atom. The van der Waals surface area contributed by atoms with Crippen LogP contribution in [-0.2, 0) is 13.0 Å². The number of hydrogen-bond donors (Lipinski definition) is 2. The van der Waals surface area contributed by atoms with Crippen LogP contribution in [0.2, 0.25) is 0 Å². The Balaban J connectivity index is 2.09. The average Bonchev–Trinajstić information content (AvgIpc) is 2.74. The topological polar surface area (TPSA) is 53.6 Å². The number of nitrogens with zero attached hydrogens (tertiary/aromatic N) is 2. The molecule has 15 heavy (non-hydrogen) atoms. The molecule has 0 spiro atoms. The van der Waals surface area contributed by atoms with E-state index in [-0.39, 0.29) is 0 Å². The number of pyridine rings is 1.